The van der Waals surface area contributed by atoms with E-state index in [-0.39, 0.29) is 23.8 Å². The van der Waals surface area contributed by atoms with Gasteiger partial charge >= 0.3 is 0 Å². The molecule has 0 aliphatic heterocycles. The Bertz CT molecular complexity index is 725. The molecule has 22 heavy (non-hydrogen) atoms. The van der Waals surface area contributed by atoms with Gasteiger partial charge in [0.1, 0.15) is 4.90 Å². The number of benzene rings is 1. The maximum absolute atomic E-state index is 12.5. The molecule has 2 aromatic rings. The highest BCUT2D eigenvalue weighted by atomic mass is 35.5. The summed E-state index contributed by atoms with van der Waals surface area (Å²) in [6.45, 7) is 4.13. The first kappa shape index (κ1) is 18.8. The van der Waals surface area contributed by atoms with Crippen LogP contribution in [-0.4, -0.2) is 25.5 Å². The normalized spacial score (nSPS) is 12.1. The number of aromatic nitrogens is 1. The molecule has 0 saturated carbocycles. The van der Waals surface area contributed by atoms with Gasteiger partial charge in [-0.05, 0) is 25.0 Å². The second-order valence-corrected chi connectivity index (χ2v) is 6.96. The zero-order valence-electron chi connectivity index (χ0n) is 12.7. The van der Waals surface area contributed by atoms with Crippen LogP contribution in [0.5, 0.6) is 0 Å². The molecule has 0 saturated heterocycles. The van der Waals surface area contributed by atoms with Crippen LogP contribution < -0.4 is 10.5 Å². The van der Waals surface area contributed by atoms with Crippen LogP contribution in [-0.2, 0) is 10.0 Å². The SMILES string of the molecule is CCC(N)(CC)CNS(=O)(=O)c1cccc2cccnc12.Cl. The van der Waals surface area contributed by atoms with Crippen LogP contribution in [0.25, 0.3) is 10.9 Å². The van der Waals surface area contributed by atoms with Gasteiger partial charge in [-0.25, -0.2) is 13.1 Å². The quantitative estimate of drug-likeness (QED) is 0.843. The molecule has 0 bridgehead atoms. The maximum Gasteiger partial charge on any atom is 0.242 e. The van der Waals surface area contributed by atoms with Gasteiger partial charge in [-0.3, -0.25) is 4.98 Å². The molecular weight excluding hydrogens is 322 g/mol. The van der Waals surface area contributed by atoms with Gasteiger partial charge in [-0.2, -0.15) is 0 Å². The minimum Gasteiger partial charge on any atom is -0.324 e. The Morgan fingerprint density at radius 1 is 1.18 bits per heavy atom. The molecule has 5 nitrogen and oxygen atoms in total. The lowest BCUT2D eigenvalue weighted by atomic mass is 9.95. The highest BCUT2D eigenvalue weighted by molar-refractivity contribution is 7.89. The van der Waals surface area contributed by atoms with E-state index in [0.717, 1.165) is 5.39 Å². The van der Waals surface area contributed by atoms with Crippen molar-refractivity contribution in [2.75, 3.05) is 6.54 Å². The number of nitrogens with two attached hydrogens (primary N) is 1. The van der Waals surface area contributed by atoms with Crippen LogP contribution in [0.2, 0.25) is 0 Å². The largest absolute Gasteiger partial charge is 0.324 e. The standard InChI is InChI=1S/C15H21N3O2S.ClH/c1-3-15(16,4-2)11-18-21(19,20)13-9-5-7-12-8-6-10-17-14(12)13;/h5-10,18H,3-4,11,16H2,1-2H3;1H. The van der Waals surface area contributed by atoms with Gasteiger partial charge in [0.2, 0.25) is 10.0 Å². The fourth-order valence-corrected chi connectivity index (χ4v) is 3.43. The Morgan fingerprint density at radius 3 is 2.45 bits per heavy atom. The molecule has 0 spiro atoms. The number of hydrogen-bond donors (Lipinski definition) is 2. The van der Waals surface area contributed by atoms with E-state index in [1.807, 2.05) is 26.0 Å². The third-order valence-electron chi connectivity index (χ3n) is 3.91. The molecule has 0 unspecified atom stereocenters. The van der Waals surface area contributed by atoms with Crippen LogP contribution in [0.4, 0.5) is 0 Å². The first-order valence-corrected chi connectivity index (χ1v) is 8.52. The molecule has 0 radical (unpaired) electrons. The van der Waals surface area contributed by atoms with Crippen molar-refractivity contribution < 1.29 is 8.42 Å². The number of rotatable bonds is 6. The van der Waals surface area contributed by atoms with Crippen molar-refractivity contribution in [3.05, 3.63) is 36.5 Å². The van der Waals surface area contributed by atoms with Gasteiger partial charge in [-0.15, -0.1) is 12.4 Å². The number of fused-ring (bicyclic) bond motifs is 1. The Labute approximate surface area is 137 Å². The van der Waals surface area contributed by atoms with Crippen LogP contribution in [0.1, 0.15) is 26.7 Å². The zero-order valence-corrected chi connectivity index (χ0v) is 14.4. The second-order valence-electron chi connectivity index (χ2n) is 5.23. The lowest BCUT2D eigenvalue weighted by molar-refractivity contribution is 0.392. The summed E-state index contributed by atoms with van der Waals surface area (Å²) in [5, 5.41) is 0.797. The molecule has 0 aliphatic rings. The number of nitrogens with one attached hydrogen (secondary N) is 1. The Balaban J connectivity index is 0.00000242. The summed E-state index contributed by atoms with van der Waals surface area (Å²) in [6.07, 6.45) is 3.01. The summed E-state index contributed by atoms with van der Waals surface area (Å²) >= 11 is 0. The van der Waals surface area contributed by atoms with Crippen LogP contribution >= 0.6 is 12.4 Å². The predicted molar refractivity (Wildman–Crippen MR) is 91.7 cm³/mol. The highest BCUT2D eigenvalue weighted by Gasteiger charge is 2.25. The van der Waals surface area contributed by atoms with Crippen molar-refractivity contribution in [3.8, 4) is 0 Å². The van der Waals surface area contributed by atoms with Crippen molar-refractivity contribution >= 4 is 33.3 Å². The van der Waals surface area contributed by atoms with Gasteiger partial charge in [-0.1, -0.05) is 32.0 Å². The third-order valence-corrected chi connectivity index (χ3v) is 5.34. The van der Waals surface area contributed by atoms with E-state index in [9.17, 15) is 8.42 Å². The fourth-order valence-electron chi connectivity index (χ4n) is 2.11. The number of pyridine rings is 1. The molecule has 2 rings (SSSR count). The van der Waals surface area contributed by atoms with Crippen molar-refractivity contribution in [3.63, 3.8) is 0 Å². The van der Waals surface area contributed by atoms with Crippen LogP contribution in [0.3, 0.4) is 0 Å². The summed E-state index contributed by atoms with van der Waals surface area (Å²) in [7, 11) is -3.63. The number of nitrogens with zero attached hydrogens (tertiary/aromatic N) is 1. The predicted octanol–water partition coefficient (Wildman–Crippen LogP) is 2.45. The molecule has 0 amide bonds. The number of para-hydroxylation sites is 1. The number of sulfonamides is 1. The van der Waals surface area contributed by atoms with E-state index < -0.39 is 15.6 Å². The van der Waals surface area contributed by atoms with Crippen molar-refractivity contribution in [2.24, 2.45) is 5.73 Å². The first-order chi connectivity index (χ1) is 9.92. The fraction of sp³-hybridized carbons (Fsp3) is 0.400. The molecule has 7 heteroatoms. The lowest BCUT2D eigenvalue weighted by Gasteiger charge is -2.26. The van der Waals surface area contributed by atoms with Crippen molar-refractivity contribution in [1.29, 1.82) is 0 Å². The number of hydrogen-bond acceptors (Lipinski definition) is 4. The van der Waals surface area contributed by atoms with Crippen molar-refractivity contribution in [2.45, 2.75) is 37.1 Å². The van der Waals surface area contributed by atoms with Crippen molar-refractivity contribution in [1.82, 2.24) is 9.71 Å². The van der Waals surface area contributed by atoms with E-state index in [4.69, 9.17) is 5.73 Å². The van der Waals surface area contributed by atoms with Gasteiger partial charge in [0.15, 0.2) is 0 Å². The van der Waals surface area contributed by atoms with Crippen LogP contribution in [0, 0.1) is 0 Å². The topological polar surface area (TPSA) is 85.1 Å². The minimum atomic E-state index is -3.63. The van der Waals surface area contributed by atoms with E-state index in [1.54, 1.807) is 24.4 Å². The van der Waals surface area contributed by atoms with E-state index in [1.165, 1.54) is 0 Å². The summed E-state index contributed by atoms with van der Waals surface area (Å²) in [6, 6.07) is 8.74. The molecule has 1 aromatic heterocycles. The molecule has 0 aliphatic carbocycles. The molecule has 1 heterocycles. The lowest BCUT2D eigenvalue weighted by Crippen LogP contribution is -2.49. The molecule has 0 atom stereocenters. The third kappa shape index (κ3) is 3.95. The molecule has 0 fully saturated rings. The molecule has 122 valence electrons. The number of halogens is 1. The first-order valence-electron chi connectivity index (χ1n) is 7.04. The van der Waals surface area contributed by atoms with Crippen LogP contribution in [0.15, 0.2) is 41.4 Å². The van der Waals surface area contributed by atoms with Gasteiger partial charge in [0, 0.05) is 23.7 Å². The summed E-state index contributed by atoms with van der Waals surface area (Å²) < 4.78 is 27.7. The summed E-state index contributed by atoms with van der Waals surface area (Å²) in [5.74, 6) is 0. The Morgan fingerprint density at radius 2 is 1.82 bits per heavy atom. The second kappa shape index (κ2) is 7.37. The monoisotopic (exact) mass is 343 g/mol. The zero-order chi connectivity index (χ0) is 15.5. The molecule has 1 aromatic carbocycles. The van der Waals surface area contributed by atoms with Gasteiger partial charge < -0.3 is 5.73 Å². The minimum absolute atomic E-state index is 0. The van der Waals surface area contributed by atoms with E-state index >= 15 is 0 Å². The smallest absolute Gasteiger partial charge is 0.242 e. The maximum atomic E-state index is 12.5. The average Bonchev–Trinajstić information content (AvgIpc) is 2.52. The highest BCUT2D eigenvalue weighted by Crippen LogP contribution is 2.21. The molecular formula is C15H22ClN3O2S. The average molecular weight is 344 g/mol. The Kier molecular flexibility index (Phi) is 6.31. The summed E-state index contributed by atoms with van der Waals surface area (Å²) in [5.41, 5.74) is 6.10. The summed E-state index contributed by atoms with van der Waals surface area (Å²) in [4.78, 5) is 4.37. The van der Waals surface area contributed by atoms with Gasteiger partial charge in [0.05, 0.1) is 5.52 Å². The van der Waals surface area contributed by atoms with Gasteiger partial charge in [0.25, 0.3) is 0 Å². The van der Waals surface area contributed by atoms with E-state index in [0.29, 0.717) is 18.4 Å². The van der Waals surface area contributed by atoms with E-state index in [2.05, 4.69) is 9.71 Å². The Hall–Kier alpha value is -1.21. The molecule has 3 N–H and O–H groups in total.